The second-order valence-corrected chi connectivity index (χ2v) is 9.58. The number of benzene rings is 1. The van der Waals surface area contributed by atoms with Gasteiger partial charge in [-0.05, 0) is 38.5 Å². The zero-order valence-electron chi connectivity index (χ0n) is 17.0. The lowest BCUT2D eigenvalue weighted by Gasteiger charge is -2.23. The van der Waals surface area contributed by atoms with Crippen molar-refractivity contribution in [1.82, 2.24) is 9.78 Å². The van der Waals surface area contributed by atoms with Crippen LogP contribution in [0.4, 0.5) is 5.82 Å². The van der Waals surface area contributed by atoms with Crippen molar-refractivity contribution < 1.29 is 4.79 Å². The Labute approximate surface area is 166 Å². The predicted octanol–water partition coefficient (Wildman–Crippen LogP) is 4.68. The number of hydrogen-bond acceptors (Lipinski definition) is 4. The Balaban J connectivity index is 2.00. The smallest absolute Gasteiger partial charge is 0.235 e. The quantitative estimate of drug-likeness (QED) is 0.812. The fourth-order valence-corrected chi connectivity index (χ4v) is 3.25. The number of anilines is 1. The average Bonchev–Trinajstić information content (AvgIpc) is 3.00. The van der Waals surface area contributed by atoms with Crippen molar-refractivity contribution in [3.63, 3.8) is 0 Å². The lowest BCUT2D eigenvalue weighted by Crippen LogP contribution is -2.27. The van der Waals surface area contributed by atoms with E-state index in [-0.39, 0.29) is 16.9 Å². The van der Waals surface area contributed by atoms with E-state index in [1.165, 1.54) is 0 Å². The van der Waals surface area contributed by atoms with E-state index >= 15 is 0 Å². The first-order valence-corrected chi connectivity index (χ1v) is 10.1. The van der Waals surface area contributed by atoms with Gasteiger partial charge in [-0.1, -0.05) is 32.9 Å². The standard InChI is InChI=1S/C21H28N4OS/c1-20(2,3)17-11-18(25(24-17)21(4,5)6)23-19(26)14-27-13-16-9-7-15(12-22)8-10-16/h7-11H,13-14H2,1-6H3,(H,23,26). The van der Waals surface area contributed by atoms with Gasteiger partial charge in [0.2, 0.25) is 5.91 Å². The van der Waals surface area contributed by atoms with E-state index in [1.807, 2.05) is 22.9 Å². The first kappa shape index (κ1) is 21.0. The maximum Gasteiger partial charge on any atom is 0.235 e. The molecule has 1 amide bonds. The minimum atomic E-state index is -0.220. The SMILES string of the molecule is CC(C)(C)c1cc(NC(=O)CSCc2ccc(C#N)cc2)n(C(C)(C)C)n1. The highest BCUT2D eigenvalue weighted by Crippen LogP contribution is 2.28. The molecule has 2 rings (SSSR count). The third kappa shape index (κ3) is 5.86. The van der Waals surface area contributed by atoms with Crippen LogP contribution in [0.2, 0.25) is 0 Å². The molecule has 0 saturated carbocycles. The van der Waals surface area contributed by atoms with Crippen molar-refractivity contribution >= 4 is 23.5 Å². The second-order valence-electron chi connectivity index (χ2n) is 8.60. The molecule has 1 aromatic heterocycles. The highest BCUT2D eigenvalue weighted by molar-refractivity contribution is 7.99. The number of nitrogens with one attached hydrogen (secondary N) is 1. The maximum absolute atomic E-state index is 12.4. The molecule has 1 aromatic carbocycles. The summed E-state index contributed by atoms with van der Waals surface area (Å²) >= 11 is 1.55. The Morgan fingerprint density at radius 1 is 1.19 bits per heavy atom. The lowest BCUT2D eigenvalue weighted by molar-refractivity contribution is -0.113. The molecule has 0 aliphatic carbocycles. The van der Waals surface area contributed by atoms with Gasteiger partial charge in [-0.3, -0.25) is 4.79 Å². The van der Waals surface area contributed by atoms with E-state index in [0.29, 0.717) is 11.3 Å². The van der Waals surface area contributed by atoms with Gasteiger partial charge >= 0.3 is 0 Å². The molecule has 5 nitrogen and oxygen atoms in total. The molecule has 1 heterocycles. The summed E-state index contributed by atoms with van der Waals surface area (Å²) in [4.78, 5) is 12.4. The zero-order chi connectivity index (χ0) is 20.2. The van der Waals surface area contributed by atoms with Crippen molar-refractivity contribution in [3.8, 4) is 6.07 Å². The van der Waals surface area contributed by atoms with Crippen molar-refractivity contribution in [1.29, 1.82) is 5.26 Å². The van der Waals surface area contributed by atoms with Crippen LogP contribution in [0.25, 0.3) is 0 Å². The summed E-state index contributed by atoms with van der Waals surface area (Å²) in [6, 6.07) is 11.5. The van der Waals surface area contributed by atoms with Gasteiger partial charge in [0.25, 0.3) is 0 Å². The van der Waals surface area contributed by atoms with Crippen LogP contribution in [0, 0.1) is 11.3 Å². The number of aromatic nitrogens is 2. The van der Waals surface area contributed by atoms with E-state index in [0.717, 1.165) is 22.8 Å². The Kier molecular flexibility index (Phi) is 6.38. The second kappa shape index (κ2) is 8.18. The molecule has 0 radical (unpaired) electrons. The van der Waals surface area contributed by atoms with Crippen LogP contribution in [-0.2, 0) is 21.5 Å². The predicted molar refractivity (Wildman–Crippen MR) is 112 cm³/mol. The van der Waals surface area contributed by atoms with Gasteiger partial charge in [0.05, 0.1) is 28.6 Å². The molecule has 1 N–H and O–H groups in total. The molecule has 6 heteroatoms. The number of nitrogens with zero attached hydrogens (tertiary/aromatic N) is 3. The maximum atomic E-state index is 12.4. The highest BCUT2D eigenvalue weighted by atomic mass is 32.2. The summed E-state index contributed by atoms with van der Waals surface area (Å²) in [6.07, 6.45) is 0. The Bertz CT molecular complexity index is 833. The molecule has 144 valence electrons. The molecule has 0 saturated heterocycles. The fourth-order valence-electron chi connectivity index (χ4n) is 2.46. The van der Waals surface area contributed by atoms with Crippen LogP contribution < -0.4 is 5.32 Å². The van der Waals surface area contributed by atoms with Gasteiger partial charge in [-0.25, -0.2) is 4.68 Å². The summed E-state index contributed by atoms with van der Waals surface area (Å²) in [5.74, 6) is 1.78. The van der Waals surface area contributed by atoms with E-state index in [2.05, 4.69) is 52.9 Å². The summed E-state index contributed by atoms with van der Waals surface area (Å²) in [5.41, 5.74) is 2.40. The highest BCUT2D eigenvalue weighted by Gasteiger charge is 2.25. The Hall–Kier alpha value is -2.26. The average molecular weight is 385 g/mol. The number of carbonyl (C=O) groups excluding carboxylic acids is 1. The minimum Gasteiger partial charge on any atom is -0.310 e. The molecule has 0 fully saturated rings. The fraction of sp³-hybridized carbons (Fsp3) is 0.476. The Morgan fingerprint density at radius 3 is 2.33 bits per heavy atom. The van der Waals surface area contributed by atoms with Gasteiger partial charge in [0.15, 0.2) is 0 Å². The van der Waals surface area contributed by atoms with Crippen LogP contribution in [-0.4, -0.2) is 21.4 Å². The summed E-state index contributed by atoms with van der Waals surface area (Å²) in [7, 11) is 0. The first-order chi connectivity index (χ1) is 12.5. The molecule has 2 aromatic rings. The van der Waals surface area contributed by atoms with Gasteiger partial charge in [-0.15, -0.1) is 11.8 Å². The first-order valence-electron chi connectivity index (χ1n) is 8.98. The van der Waals surface area contributed by atoms with E-state index in [1.54, 1.807) is 23.9 Å². The van der Waals surface area contributed by atoms with Crippen molar-refractivity contribution in [2.75, 3.05) is 11.1 Å². The monoisotopic (exact) mass is 384 g/mol. The molecule has 0 unspecified atom stereocenters. The van der Waals surface area contributed by atoms with E-state index in [9.17, 15) is 4.79 Å². The molecule has 0 bridgehead atoms. The number of hydrogen-bond donors (Lipinski definition) is 1. The number of nitriles is 1. The van der Waals surface area contributed by atoms with Crippen LogP contribution in [0.5, 0.6) is 0 Å². The lowest BCUT2D eigenvalue weighted by atomic mass is 9.92. The molecule has 0 atom stereocenters. The van der Waals surface area contributed by atoms with Crippen molar-refractivity contribution in [2.45, 2.75) is 58.2 Å². The Morgan fingerprint density at radius 2 is 1.81 bits per heavy atom. The molecular weight excluding hydrogens is 356 g/mol. The van der Waals surface area contributed by atoms with Crippen LogP contribution in [0.15, 0.2) is 30.3 Å². The van der Waals surface area contributed by atoms with Gasteiger partial charge in [0, 0.05) is 17.2 Å². The minimum absolute atomic E-state index is 0.0421. The summed E-state index contributed by atoms with van der Waals surface area (Å²) in [5, 5.41) is 16.6. The van der Waals surface area contributed by atoms with Crippen molar-refractivity contribution in [2.24, 2.45) is 0 Å². The largest absolute Gasteiger partial charge is 0.310 e. The third-order valence-corrected chi connectivity index (χ3v) is 4.97. The van der Waals surface area contributed by atoms with Crippen LogP contribution >= 0.6 is 11.8 Å². The van der Waals surface area contributed by atoms with E-state index < -0.39 is 0 Å². The number of carbonyl (C=O) groups is 1. The van der Waals surface area contributed by atoms with E-state index in [4.69, 9.17) is 10.4 Å². The number of thioether (sulfide) groups is 1. The number of amides is 1. The van der Waals surface area contributed by atoms with Crippen molar-refractivity contribution in [3.05, 3.63) is 47.2 Å². The van der Waals surface area contributed by atoms with Gasteiger partial charge in [-0.2, -0.15) is 10.4 Å². The summed E-state index contributed by atoms with van der Waals surface area (Å²) < 4.78 is 1.89. The normalized spacial score (nSPS) is 11.9. The zero-order valence-corrected chi connectivity index (χ0v) is 17.8. The number of rotatable bonds is 5. The van der Waals surface area contributed by atoms with Gasteiger partial charge < -0.3 is 5.32 Å². The topological polar surface area (TPSA) is 70.7 Å². The third-order valence-electron chi connectivity index (χ3n) is 3.97. The van der Waals surface area contributed by atoms with Crippen LogP contribution in [0.1, 0.15) is 58.4 Å². The van der Waals surface area contributed by atoms with Crippen LogP contribution in [0.3, 0.4) is 0 Å². The molecule has 0 aliphatic rings. The molecule has 0 aliphatic heterocycles. The van der Waals surface area contributed by atoms with Gasteiger partial charge in [0.1, 0.15) is 5.82 Å². The molecule has 0 spiro atoms. The summed E-state index contributed by atoms with van der Waals surface area (Å²) in [6.45, 7) is 12.6. The molecular formula is C21H28N4OS. The molecule has 27 heavy (non-hydrogen) atoms.